The van der Waals surface area contributed by atoms with E-state index in [1.165, 1.54) is 0 Å². The van der Waals surface area contributed by atoms with Gasteiger partial charge in [-0.3, -0.25) is 4.79 Å². The summed E-state index contributed by atoms with van der Waals surface area (Å²) in [5, 5.41) is 3.68. The largest absolute Gasteiger partial charge is 0.345 e. The molecule has 5 nitrogen and oxygen atoms in total. The maximum Gasteiger partial charge on any atom is 0.230 e. The molecule has 1 aromatic rings. The van der Waals surface area contributed by atoms with Gasteiger partial charge in [-0.15, -0.1) is 0 Å². The fraction of sp³-hybridized carbons (Fsp3) is 0.700. The topological polar surface area (TPSA) is 59.2 Å². The van der Waals surface area contributed by atoms with Gasteiger partial charge in [0.25, 0.3) is 0 Å². The fourth-order valence-corrected chi connectivity index (χ4v) is 1.20. The molecule has 0 fully saturated rings. The van der Waals surface area contributed by atoms with Crippen molar-refractivity contribution < 1.29 is 9.32 Å². The number of unbranched alkanes of at least 4 members (excludes halogenated alkanes) is 1. The van der Waals surface area contributed by atoms with Crippen LogP contribution in [0.2, 0.25) is 0 Å². The number of hydrogen-bond donors (Lipinski definition) is 0. The Morgan fingerprint density at radius 2 is 2.27 bits per heavy atom. The van der Waals surface area contributed by atoms with Gasteiger partial charge in [-0.2, -0.15) is 4.98 Å². The maximum atomic E-state index is 11.6. The van der Waals surface area contributed by atoms with E-state index in [1.807, 2.05) is 0 Å². The Morgan fingerprint density at radius 1 is 1.53 bits per heavy atom. The summed E-state index contributed by atoms with van der Waals surface area (Å²) in [7, 11) is 1.80. The van der Waals surface area contributed by atoms with Gasteiger partial charge in [0.05, 0.1) is 6.42 Å². The summed E-state index contributed by atoms with van der Waals surface area (Å²) in [5.74, 6) is 0.985. The smallest absolute Gasteiger partial charge is 0.230 e. The highest BCUT2D eigenvalue weighted by Crippen LogP contribution is 2.00. The molecule has 0 spiro atoms. The van der Waals surface area contributed by atoms with Crippen LogP contribution < -0.4 is 0 Å². The first-order valence-corrected chi connectivity index (χ1v) is 5.16. The van der Waals surface area contributed by atoms with Crippen molar-refractivity contribution in [3.05, 3.63) is 11.7 Å². The zero-order chi connectivity index (χ0) is 11.3. The van der Waals surface area contributed by atoms with Crippen molar-refractivity contribution in [2.24, 2.45) is 0 Å². The van der Waals surface area contributed by atoms with Gasteiger partial charge < -0.3 is 9.42 Å². The van der Waals surface area contributed by atoms with E-state index in [2.05, 4.69) is 17.1 Å². The highest BCUT2D eigenvalue weighted by molar-refractivity contribution is 5.77. The first kappa shape index (κ1) is 11.7. The number of carbonyl (C=O) groups is 1. The Kier molecular flexibility index (Phi) is 4.27. The second kappa shape index (κ2) is 5.48. The minimum atomic E-state index is 0.0317. The first-order chi connectivity index (χ1) is 7.13. The number of hydrogen-bond acceptors (Lipinski definition) is 4. The van der Waals surface area contributed by atoms with Gasteiger partial charge in [0.15, 0.2) is 5.82 Å². The van der Waals surface area contributed by atoms with E-state index in [4.69, 9.17) is 4.52 Å². The van der Waals surface area contributed by atoms with Crippen LogP contribution in [0.1, 0.15) is 31.5 Å². The maximum absolute atomic E-state index is 11.6. The molecule has 0 saturated heterocycles. The highest BCUT2D eigenvalue weighted by atomic mass is 16.5. The second-order valence-corrected chi connectivity index (χ2v) is 3.58. The molecule has 0 aliphatic carbocycles. The lowest BCUT2D eigenvalue weighted by molar-refractivity contribution is -0.129. The third-order valence-electron chi connectivity index (χ3n) is 2.15. The number of aryl methyl sites for hydroxylation is 1. The molecule has 0 radical (unpaired) electrons. The van der Waals surface area contributed by atoms with Gasteiger partial charge in [0.1, 0.15) is 0 Å². The first-order valence-electron chi connectivity index (χ1n) is 5.16. The molecule has 0 aliphatic rings. The number of rotatable bonds is 5. The zero-order valence-electron chi connectivity index (χ0n) is 9.49. The minimum absolute atomic E-state index is 0.0317. The van der Waals surface area contributed by atoms with Gasteiger partial charge in [0, 0.05) is 20.5 Å². The molecule has 0 saturated carbocycles. The van der Waals surface area contributed by atoms with E-state index in [9.17, 15) is 4.79 Å². The van der Waals surface area contributed by atoms with Crippen LogP contribution in [0, 0.1) is 6.92 Å². The molecule has 0 unspecified atom stereocenters. The van der Waals surface area contributed by atoms with Gasteiger partial charge in [-0.25, -0.2) is 0 Å². The number of likely N-dealkylation sites (N-methyl/N-ethyl adjacent to an activating group) is 1. The van der Waals surface area contributed by atoms with Crippen molar-refractivity contribution in [2.45, 2.75) is 33.1 Å². The van der Waals surface area contributed by atoms with Crippen molar-refractivity contribution in [2.75, 3.05) is 13.6 Å². The lowest BCUT2D eigenvalue weighted by atomic mass is 10.3. The Hall–Kier alpha value is -1.39. The second-order valence-electron chi connectivity index (χ2n) is 3.58. The van der Waals surface area contributed by atoms with Crippen molar-refractivity contribution in [3.63, 3.8) is 0 Å². The summed E-state index contributed by atoms with van der Waals surface area (Å²) in [5.41, 5.74) is 0. The van der Waals surface area contributed by atoms with Crippen LogP contribution in [-0.2, 0) is 11.2 Å². The Balaban J connectivity index is 2.41. The van der Waals surface area contributed by atoms with Crippen molar-refractivity contribution in [1.82, 2.24) is 15.0 Å². The standard InChI is InChI=1S/C10H17N3O2/c1-4-5-6-13(3)10(14)7-9-11-8(2)15-12-9/h4-7H2,1-3H3. The van der Waals surface area contributed by atoms with Crippen LogP contribution in [0.3, 0.4) is 0 Å². The molecule has 0 aromatic carbocycles. The third kappa shape index (κ3) is 3.69. The molecule has 1 rings (SSSR count). The average Bonchev–Trinajstić information content (AvgIpc) is 2.60. The summed E-state index contributed by atoms with van der Waals surface area (Å²) in [6.45, 7) is 4.59. The normalized spacial score (nSPS) is 10.3. The van der Waals surface area contributed by atoms with E-state index in [1.54, 1.807) is 18.9 Å². The summed E-state index contributed by atoms with van der Waals surface area (Å²) in [6, 6.07) is 0. The van der Waals surface area contributed by atoms with Crippen molar-refractivity contribution in [1.29, 1.82) is 0 Å². The lowest BCUT2D eigenvalue weighted by Gasteiger charge is -2.15. The van der Waals surface area contributed by atoms with Crippen LogP contribution in [0.5, 0.6) is 0 Å². The molecule has 1 amide bonds. The molecule has 1 aromatic heterocycles. The molecular weight excluding hydrogens is 194 g/mol. The Bertz CT molecular complexity index is 322. The van der Waals surface area contributed by atoms with Gasteiger partial charge >= 0.3 is 0 Å². The van der Waals surface area contributed by atoms with Gasteiger partial charge in [0.2, 0.25) is 11.8 Å². The number of carbonyl (C=O) groups excluding carboxylic acids is 1. The van der Waals surface area contributed by atoms with Crippen molar-refractivity contribution >= 4 is 5.91 Å². The molecule has 84 valence electrons. The van der Waals surface area contributed by atoms with Crippen LogP contribution in [0.4, 0.5) is 0 Å². The molecular formula is C10H17N3O2. The Labute approximate surface area is 89.5 Å². The predicted octanol–water partition coefficient (Wildman–Crippen LogP) is 1.18. The van der Waals surface area contributed by atoms with Crippen LogP contribution >= 0.6 is 0 Å². The van der Waals surface area contributed by atoms with E-state index in [0.717, 1.165) is 19.4 Å². The molecule has 0 aliphatic heterocycles. The number of nitrogens with zero attached hydrogens (tertiary/aromatic N) is 3. The molecule has 5 heteroatoms. The zero-order valence-corrected chi connectivity index (χ0v) is 9.49. The summed E-state index contributed by atoms with van der Waals surface area (Å²) in [4.78, 5) is 17.3. The number of aromatic nitrogens is 2. The summed E-state index contributed by atoms with van der Waals surface area (Å²) < 4.78 is 4.79. The van der Waals surface area contributed by atoms with E-state index < -0.39 is 0 Å². The Morgan fingerprint density at radius 3 is 2.80 bits per heavy atom. The number of amides is 1. The molecule has 0 atom stereocenters. The summed E-state index contributed by atoms with van der Waals surface area (Å²) in [6.07, 6.45) is 2.32. The van der Waals surface area contributed by atoms with Gasteiger partial charge in [-0.05, 0) is 6.42 Å². The quantitative estimate of drug-likeness (QED) is 0.733. The monoisotopic (exact) mass is 211 g/mol. The fourth-order valence-electron chi connectivity index (χ4n) is 1.20. The average molecular weight is 211 g/mol. The van der Waals surface area contributed by atoms with Crippen LogP contribution in [0.15, 0.2) is 4.52 Å². The van der Waals surface area contributed by atoms with Crippen LogP contribution in [-0.4, -0.2) is 34.5 Å². The molecule has 1 heterocycles. The molecule has 0 N–H and O–H groups in total. The lowest BCUT2D eigenvalue weighted by Crippen LogP contribution is -2.29. The predicted molar refractivity (Wildman–Crippen MR) is 55.3 cm³/mol. The molecule has 15 heavy (non-hydrogen) atoms. The highest BCUT2D eigenvalue weighted by Gasteiger charge is 2.12. The third-order valence-corrected chi connectivity index (χ3v) is 2.15. The van der Waals surface area contributed by atoms with Crippen LogP contribution in [0.25, 0.3) is 0 Å². The van der Waals surface area contributed by atoms with E-state index in [-0.39, 0.29) is 12.3 Å². The van der Waals surface area contributed by atoms with Gasteiger partial charge in [-0.1, -0.05) is 18.5 Å². The van der Waals surface area contributed by atoms with E-state index in [0.29, 0.717) is 11.7 Å². The minimum Gasteiger partial charge on any atom is -0.345 e. The molecule has 0 bridgehead atoms. The van der Waals surface area contributed by atoms with Crippen molar-refractivity contribution in [3.8, 4) is 0 Å². The SMILES string of the molecule is CCCCN(C)C(=O)Cc1noc(C)n1. The summed E-state index contributed by atoms with van der Waals surface area (Å²) >= 11 is 0. The van der Waals surface area contributed by atoms with E-state index >= 15 is 0 Å².